The molecule has 2 rings (SSSR count). The summed E-state index contributed by atoms with van der Waals surface area (Å²) in [4.78, 5) is 3.89. The normalized spacial score (nSPS) is 10.8. The zero-order valence-corrected chi connectivity index (χ0v) is 10.9. The van der Waals surface area contributed by atoms with Crippen LogP contribution in [-0.4, -0.2) is 10.1 Å². The topological polar surface area (TPSA) is 42.4 Å². The summed E-state index contributed by atoms with van der Waals surface area (Å²) < 4.78 is 18.8. The van der Waals surface area contributed by atoms with Crippen molar-refractivity contribution in [2.75, 3.05) is 0 Å². The fourth-order valence-electron chi connectivity index (χ4n) is 1.83. The van der Waals surface area contributed by atoms with E-state index in [2.05, 4.69) is 18.8 Å². The summed E-state index contributed by atoms with van der Waals surface area (Å²) >= 11 is 0. The van der Waals surface area contributed by atoms with E-state index in [1.54, 1.807) is 0 Å². The van der Waals surface area contributed by atoms with Crippen LogP contribution in [0.25, 0.3) is 0 Å². The van der Waals surface area contributed by atoms with Crippen LogP contribution in [0.2, 0.25) is 0 Å². The Morgan fingerprint density at radius 3 is 2.74 bits per heavy atom. The monoisotopic (exact) mass is 261 g/mol. The molecule has 0 spiro atoms. The van der Waals surface area contributed by atoms with Crippen molar-refractivity contribution in [2.45, 2.75) is 26.4 Å². The van der Waals surface area contributed by atoms with Crippen LogP contribution in [0.3, 0.4) is 0 Å². The van der Waals surface area contributed by atoms with E-state index in [0.717, 1.165) is 11.8 Å². The number of hydrogen-bond donors (Lipinski definition) is 1. The second-order valence-electron chi connectivity index (χ2n) is 4.57. The molecule has 0 radical (unpaired) electrons. The molecular weight excluding hydrogens is 245 g/mol. The van der Waals surface area contributed by atoms with Crippen LogP contribution < -0.4 is 4.74 Å². The summed E-state index contributed by atoms with van der Waals surface area (Å²) in [6, 6.07) is 8.83. The molecule has 0 amide bonds. The highest BCUT2D eigenvalue weighted by atomic mass is 19.1. The highest BCUT2D eigenvalue weighted by molar-refractivity contribution is 5.39. The molecular formula is C15H16FNO2. The second-order valence-corrected chi connectivity index (χ2v) is 4.57. The standard InChI is InChI=1S/C15H16FNO2/c1-10(2)13-5-3-4-6-14(13)19-15-11(9-18)7-12(16)8-17-15/h3-8,10,18H,9H2,1-2H3. The molecule has 4 heteroatoms. The summed E-state index contributed by atoms with van der Waals surface area (Å²) in [7, 11) is 0. The van der Waals surface area contributed by atoms with Crippen LogP contribution in [0.4, 0.5) is 4.39 Å². The van der Waals surface area contributed by atoms with Crippen molar-refractivity contribution in [3.05, 3.63) is 53.5 Å². The Morgan fingerprint density at radius 1 is 1.32 bits per heavy atom. The number of aromatic nitrogens is 1. The first-order chi connectivity index (χ1) is 9.11. The van der Waals surface area contributed by atoms with Gasteiger partial charge in [0, 0.05) is 5.56 Å². The Balaban J connectivity index is 2.36. The van der Waals surface area contributed by atoms with Gasteiger partial charge < -0.3 is 9.84 Å². The zero-order chi connectivity index (χ0) is 13.8. The maximum atomic E-state index is 13.1. The van der Waals surface area contributed by atoms with Gasteiger partial charge in [0.05, 0.1) is 12.8 Å². The lowest BCUT2D eigenvalue weighted by atomic mass is 10.0. The van der Waals surface area contributed by atoms with Gasteiger partial charge >= 0.3 is 0 Å². The van der Waals surface area contributed by atoms with Crippen molar-refractivity contribution in [2.24, 2.45) is 0 Å². The first kappa shape index (κ1) is 13.5. The molecule has 0 aliphatic heterocycles. The number of halogens is 1. The number of pyridine rings is 1. The third kappa shape index (κ3) is 3.09. The summed E-state index contributed by atoms with van der Waals surface area (Å²) in [6.07, 6.45) is 1.08. The molecule has 0 bridgehead atoms. The number of aliphatic hydroxyl groups is 1. The second kappa shape index (κ2) is 5.80. The van der Waals surface area contributed by atoms with Gasteiger partial charge in [-0.05, 0) is 23.6 Å². The molecule has 100 valence electrons. The van der Waals surface area contributed by atoms with E-state index in [1.807, 2.05) is 24.3 Å². The highest BCUT2D eigenvalue weighted by Crippen LogP contribution is 2.31. The van der Waals surface area contributed by atoms with Gasteiger partial charge in [0.15, 0.2) is 0 Å². The average Bonchev–Trinajstić information content (AvgIpc) is 2.41. The van der Waals surface area contributed by atoms with E-state index in [0.29, 0.717) is 17.2 Å². The first-order valence-electron chi connectivity index (χ1n) is 6.14. The van der Waals surface area contributed by atoms with Gasteiger partial charge in [-0.1, -0.05) is 32.0 Å². The van der Waals surface area contributed by atoms with Crippen LogP contribution in [0.5, 0.6) is 11.6 Å². The first-order valence-corrected chi connectivity index (χ1v) is 6.14. The molecule has 1 N–H and O–H groups in total. The van der Waals surface area contributed by atoms with Crippen molar-refractivity contribution in [1.29, 1.82) is 0 Å². The predicted molar refractivity (Wildman–Crippen MR) is 70.7 cm³/mol. The molecule has 1 aromatic heterocycles. The van der Waals surface area contributed by atoms with Crippen LogP contribution in [0.15, 0.2) is 36.5 Å². The molecule has 0 fully saturated rings. The molecule has 0 atom stereocenters. The molecule has 0 unspecified atom stereocenters. The van der Waals surface area contributed by atoms with Gasteiger partial charge in [-0.25, -0.2) is 9.37 Å². The Bertz CT molecular complexity index is 570. The lowest BCUT2D eigenvalue weighted by Gasteiger charge is -2.14. The fraction of sp³-hybridized carbons (Fsp3) is 0.267. The van der Waals surface area contributed by atoms with Gasteiger partial charge in [-0.15, -0.1) is 0 Å². The number of ether oxygens (including phenoxy) is 1. The number of aliphatic hydroxyl groups excluding tert-OH is 1. The van der Waals surface area contributed by atoms with Crippen molar-refractivity contribution in [1.82, 2.24) is 4.98 Å². The Hall–Kier alpha value is -1.94. The largest absolute Gasteiger partial charge is 0.438 e. The molecule has 0 aliphatic rings. The number of para-hydroxylation sites is 1. The number of hydrogen-bond acceptors (Lipinski definition) is 3. The van der Waals surface area contributed by atoms with Crippen LogP contribution >= 0.6 is 0 Å². The minimum absolute atomic E-state index is 0.233. The van der Waals surface area contributed by atoms with Gasteiger partial charge in [-0.2, -0.15) is 0 Å². The van der Waals surface area contributed by atoms with Crippen LogP contribution in [0, 0.1) is 5.82 Å². The van der Waals surface area contributed by atoms with Crippen molar-refractivity contribution < 1.29 is 14.2 Å². The van der Waals surface area contributed by atoms with Crippen LogP contribution in [-0.2, 0) is 6.61 Å². The SMILES string of the molecule is CC(C)c1ccccc1Oc1ncc(F)cc1CO. The van der Waals surface area contributed by atoms with Gasteiger partial charge in [0.25, 0.3) is 0 Å². The molecule has 0 saturated heterocycles. The smallest absolute Gasteiger partial charge is 0.224 e. The van der Waals surface area contributed by atoms with E-state index in [1.165, 1.54) is 6.07 Å². The number of nitrogens with zero attached hydrogens (tertiary/aromatic N) is 1. The molecule has 1 aromatic carbocycles. The van der Waals surface area contributed by atoms with E-state index >= 15 is 0 Å². The molecule has 19 heavy (non-hydrogen) atoms. The molecule has 1 heterocycles. The minimum atomic E-state index is -0.492. The van der Waals surface area contributed by atoms with E-state index in [-0.39, 0.29) is 12.5 Å². The molecule has 0 saturated carbocycles. The summed E-state index contributed by atoms with van der Waals surface area (Å²) in [5.74, 6) is 0.714. The predicted octanol–water partition coefficient (Wildman–Crippen LogP) is 3.63. The molecule has 2 aromatic rings. The Morgan fingerprint density at radius 2 is 2.05 bits per heavy atom. The van der Waals surface area contributed by atoms with Crippen molar-refractivity contribution in [3.8, 4) is 11.6 Å². The highest BCUT2D eigenvalue weighted by Gasteiger charge is 2.12. The van der Waals surface area contributed by atoms with Crippen molar-refractivity contribution >= 4 is 0 Å². The summed E-state index contributed by atoms with van der Waals surface area (Å²) in [5.41, 5.74) is 1.37. The maximum Gasteiger partial charge on any atom is 0.224 e. The third-order valence-corrected chi connectivity index (χ3v) is 2.81. The van der Waals surface area contributed by atoms with E-state index < -0.39 is 5.82 Å². The quantitative estimate of drug-likeness (QED) is 0.913. The fourth-order valence-corrected chi connectivity index (χ4v) is 1.83. The number of benzene rings is 1. The maximum absolute atomic E-state index is 13.1. The van der Waals surface area contributed by atoms with Gasteiger partial charge in [0.2, 0.25) is 5.88 Å². The molecule has 0 aliphatic carbocycles. The van der Waals surface area contributed by atoms with Crippen LogP contribution in [0.1, 0.15) is 30.9 Å². The van der Waals surface area contributed by atoms with E-state index in [9.17, 15) is 9.50 Å². The third-order valence-electron chi connectivity index (χ3n) is 2.81. The minimum Gasteiger partial charge on any atom is -0.438 e. The lowest BCUT2D eigenvalue weighted by molar-refractivity contribution is 0.274. The van der Waals surface area contributed by atoms with Gasteiger partial charge in [-0.3, -0.25) is 0 Å². The number of rotatable bonds is 4. The zero-order valence-electron chi connectivity index (χ0n) is 10.9. The van der Waals surface area contributed by atoms with E-state index in [4.69, 9.17) is 4.74 Å². The van der Waals surface area contributed by atoms with Gasteiger partial charge in [0.1, 0.15) is 11.6 Å². The summed E-state index contributed by atoms with van der Waals surface area (Å²) in [6.45, 7) is 3.81. The molecule has 3 nitrogen and oxygen atoms in total. The summed E-state index contributed by atoms with van der Waals surface area (Å²) in [5, 5.41) is 9.21. The Labute approximate surface area is 111 Å². The lowest BCUT2D eigenvalue weighted by Crippen LogP contribution is -1.99. The van der Waals surface area contributed by atoms with Crippen molar-refractivity contribution in [3.63, 3.8) is 0 Å². The average molecular weight is 261 g/mol. The Kier molecular flexibility index (Phi) is 4.12.